The Hall–Kier alpha value is -2.21. The second-order valence-corrected chi connectivity index (χ2v) is 6.55. The molecule has 0 radical (unpaired) electrons. The van der Waals surface area contributed by atoms with Gasteiger partial charge in [0.05, 0.1) is 14.2 Å². The normalized spacial score (nSPS) is 11.1. The molecule has 0 saturated heterocycles. The Labute approximate surface area is 130 Å². The average molecular weight is 321 g/mol. The van der Waals surface area contributed by atoms with E-state index in [1.165, 1.54) is 20.3 Å². The van der Waals surface area contributed by atoms with Crippen molar-refractivity contribution < 1.29 is 17.9 Å². The Kier molecular flexibility index (Phi) is 4.61. The molecule has 0 spiro atoms. The van der Waals surface area contributed by atoms with Crippen LogP contribution < -0.4 is 14.2 Å². The molecular weight excluding hydrogens is 302 g/mol. The maximum absolute atomic E-state index is 12.6. The molecule has 118 valence electrons. The van der Waals surface area contributed by atoms with Gasteiger partial charge in [-0.05, 0) is 43.7 Å². The number of sulfonamides is 1. The first-order chi connectivity index (χ1) is 10.4. The highest BCUT2D eigenvalue weighted by atomic mass is 32.2. The highest BCUT2D eigenvalue weighted by Crippen LogP contribution is 2.34. The Balaban J connectivity index is 2.48. The Bertz CT molecular complexity index is 785. The summed E-state index contributed by atoms with van der Waals surface area (Å²) in [7, 11) is -0.784. The number of aryl methyl sites for hydroxylation is 1. The molecule has 0 unspecified atom stereocenters. The first-order valence-electron chi connectivity index (χ1n) is 6.70. The van der Waals surface area contributed by atoms with Gasteiger partial charge >= 0.3 is 0 Å². The third-order valence-electron chi connectivity index (χ3n) is 3.30. The molecule has 0 fully saturated rings. The SMILES string of the molecule is COc1ccc(S(=O)(=O)Nc2cccc(C)c2)c(OC)c1C. The zero-order valence-electron chi connectivity index (χ0n) is 13.0. The van der Waals surface area contributed by atoms with Crippen LogP contribution in [-0.2, 0) is 10.0 Å². The van der Waals surface area contributed by atoms with Crippen LogP contribution in [-0.4, -0.2) is 22.6 Å². The van der Waals surface area contributed by atoms with Crippen LogP contribution in [0.25, 0.3) is 0 Å². The minimum Gasteiger partial charge on any atom is -0.496 e. The molecule has 0 aliphatic rings. The van der Waals surface area contributed by atoms with E-state index in [0.29, 0.717) is 17.0 Å². The average Bonchev–Trinajstić information content (AvgIpc) is 2.46. The van der Waals surface area contributed by atoms with E-state index in [0.717, 1.165) is 5.56 Å². The van der Waals surface area contributed by atoms with E-state index in [1.807, 2.05) is 13.0 Å². The number of hydrogen-bond donors (Lipinski definition) is 1. The number of nitrogens with one attached hydrogen (secondary N) is 1. The molecule has 6 heteroatoms. The van der Waals surface area contributed by atoms with Crippen molar-refractivity contribution in [2.45, 2.75) is 18.7 Å². The molecule has 2 aromatic carbocycles. The molecule has 22 heavy (non-hydrogen) atoms. The third kappa shape index (κ3) is 3.17. The Morgan fingerprint density at radius 1 is 1.00 bits per heavy atom. The van der Waals surface area contributed by atoms with Crippen molar-refractivity contribution in [1.82, 2.24) is 0 Å². The fraction of sp³-hybridized carbons (Fsp3) is 0.250. The maximum atomic E-state index is 12.6. The second-order valence-electron chi connectivity index (χ2n) is 4.90. The summed E-state index contributed by atoms with van der Waals surface area (Å²) in [6, 6.07) is 10.2. The number of ether oxygens (including phenoxy) is 2. The van der Waals surface area contributed by atoms with Crippen LogP contribution in [0.5, 0.6) is 11.5 Å². The van der Waals surface area contributed by atoms with Gasteiger partial charge in [0.25, 0.3) is 10.0 Å². The lowest BCUT2D eigenvalue weighted by Crippen LogP contribution is -2.14. The fourth-order valence-electron chi connectivity index (χ4n) is 2.25. The van der Waals surface area contributed by atoms with E-state index in [2.05, 4.69) is 4.72 Å². The molecule has 0 saturated carbocycles. The highest BCUT2D eigenvalue weighted by Gasteiger charge is 2.23. The number of hydrogen-bond acceptors (Lipinski definition) is 4. The van der Waals surface area contributed by atoms with Crippen LogP contribution >= 0.6 is 0 Å². The summed E-state index contributed by atoms with van der Waals surface area (Å²) in [5.41, 5.74) is 2.12. The molecule has 2 aromatic rings. The molecule has 2 rings (SSSR count). The van der Waals surface area contributed by atoms with Crippen LogP contribution in [0, 0.1) is 13.8 Å². The van der Waals surface area contributed by atoms with E-state index in [9.17, 15) is 8.42 Å². The first-order valence-corrected chi connectivity index (χ1v) is 8.18. The zero-order chi connectivity index (χ0) is 16.3. The largest absolute Gasteiger partial charge is 0.496 e. The smallest absolute Gasteiger partial charge is 0.265 e. The number of anilines is 1. The first kappa shape index (κ1) is 16.2. The molecule has 0 amide bonds. The van der Waals surface area contributed by atoms with Gasteiger partial charge in [0, 0.05) is 11.3 Å². The van der Waals surface area contributed by atoms with Gasteiger partial charge in [-0.3, -0.25) is 4.72 Å². The van der Waals surface area contributed by atoms with Crippen LogP contribution in [0.15, 0.2) is 41.3 Å². The van der Waals surface area contributed by atoms with Crippen LogP contribution in [0.4, 0.5) is 5.69 Å². The molecule has 0 heterocycles. The quantitative estimate of drug-likeness (QED) is 0.919. The maximum Gasteiger partial charge on any atom is 0.265 e. The summed E-state index contributed by atoms with van der Waals surface area (Å²) < 4.78 is 38.3. The molecule has 0 aromatic heterocycles. The lowest BCUT2D eigenvalue weighted by Gasteiger charge is -2.15. The van der Waals surface area contributed by atoms with Gasteiger partial charge in [-0.1, -0.05) is 12.1 Å². The summed E-state index contributed by atoms with van der Waals surface area (Å²) in [4.78, 5) is 0.0785. The minimum absolute atomic E-state index is 0.0785. The van der Waals surface area contributed by atoms with Crippen LogP contribution in [0.2, 0.25) is 0 Å². The van der Waals surface area contributed by atoms with Crippen molar-refractivity contribution in [3.8, 4) is 11.5 Å². The van der Waals surface area contributed by atoms with E-state index in [1.54, 1.807) is 31.2 Å². The Morgan fingerprint density at radius 3 is 2.32 bits per heavy atom. The van der Waals surface area contributed by atoms with Gasteiger partial charge in [-0.2, -0.15) is 0 Å². The number of rotatable bonds is 5. The molecule has 1 N–H and O–H groups in total. The molecule has 0 aliphatic carbocycles. The van der Waals surface area contributed by atoms with Gasteiger partial charge in [0.2, 0.25) is 0 Å². The van der Waals surface area contributed by atoms with Crippen molar-refractivity contribution in [3.05, 3.63) is 47.5 Å². The minimum atomic E-state index is -3.75. The Morgan fingerprint density at radius 2 is 1.73 bits per heavy atom. The predicted octanol–water partition coefficient (Wildman–Crippen LogP) is 3.12. The van der Waals surface area contributed by atoms with Gasteiger partial charge in [0.15, 0.2) is 0 Å². The topological polar surface area (TPSA) is 64.6 Å². The van der Waals surface area contributed by atoms with E-state index in [4.69, 9.17) is 9.47 Å². The van der Waals surface area contributed by atoms with Crippen molar-refractivity contribution in [3.63, 3.8) is 0 Å². The van der Waals surface area contributed by atoms with Gasteiger partial charge in [-0.15, -0.1) is 0 Å². The fourth-order valence-corrected chi connectivity index (χ4v) is 3.53. The highest BCUT2D eigenvalue weighted by molar-refractivity contribution is 7.92. The lowest BCUT2D eigenvalue weighted by atomic mass is 10.2. The molecule has 0 aliphatic heterocycles. The molecule has 0 atom stereocenters. The summed E-state index contributed by atoms with van der Waals surface area (Å²) in [5, 5.41) is 0. The van der Waals surface area contributed by atoms with Gasteiger partial charge in [-0.25, -0.2) is 8.42 Å². The van der Waals surface area contributed by atoms with Gasteiger partial charge < -0.3 is 9.47 Å². The lowest BCUT2D eigenvalue weighted by molar-refractivity contribution is 0.380. The summed E-state index contributed by atoms with van der Waals surface area (Å²) in [5.74, 6) is 0.853. The van der Waals surface area contributed by atoms with E-state index < -0.39 is 10.0 Å². The second kappa shape index (κ2) is 6.27. The standard InChI is InChI=1S/C16H19NO4S/c1-11-6-5-7-13(10-11)17-22(18,19)15-9-8-14(20-3)12(2)16(15)21-4/h5-10,17H,1-4H3. The third-order valence-corrected chi connectivity index (χ3v) is 4.71. The summed E-state index contributed by atoms with van der Waals surface area (Å²) in [6.45, 7) is 3.65. The van der Waals surface area contributed by atoms with Crippen molar-refractivity contribution in [1.29, 1.82) is 0 Å². The molecule has 0 bridgehead atoms. The van der Waals surface area contributed by atoms with Gasteiger partial charge in [0.1, 0.15) is 16.4 Å². The predicted molar refractivity (Wildman–Crippen MR) is 86.3 cm³/mol. The zero-order valence-corrected chi connectivity index (χ0v) is 13.8. The van der Waals surface area contributed by atoms with Crippen LogP contribution in [0.1, 0.15) is 11.1 Å². The monoisotopic (exact) mass is 321 g/mol. The summed E-state index contributed by atoms with van der Waals surface area (Å²) >= 11 is 0. The van der Waals surface area contributed by atoms with Crippen LogP contribution in [0.3, 0.4) is 0 Å². The summed E-state index contributed by atoms with van der Waals surface area (Å²) in [6.07, 6.45) is 0. The number of methoxy groups -OCH3 is 2. The van der Waals surface area contributed by atoms with E-state index >= 15 is 0 Å². The molecular formula is C16H19NO4S. The van der Waals surface area contributed by atoms with Crippen molar-refractivity contribution in [2.24, 2.45) is 0 Å². The van der Waals surface area contributed by atoms with Crippen molar-refractivity contribution >= 4 is 15.7 Å². The molecule has 5 nitrogen and oxygen atoms in total. The van der Waals surface area contributed by atoms with Crippen molar-refractivity contribution in [2.75, 3.05) is 18.9 Å². The number of benzene rings is 2. The van der Waals surface area contributed by atoms with E-state index in [-0.39, 0.29) is 10.6 Å².